The quantitative estimate of drug-likeness (QED) is 0.760. The minimum atomic E-state index is -0.204. The third kappa shape index (κ3) is 2.94. The van der Waals surface area contributed by atoms with E-state index in [0.29, 0.717) is 25.4 Å². The van der Waals surface area contributed by atoms with Gasteiger partial charge in [-0.1, -0.05) is 0 Å². The normalized spacial score (nSPS) is 19.3. The number of hydrogen-bond acceptors (Lipinski definition) is 4. The summed E-state index contributed by atoms with van der Waals surface area (Å²) in [5.41, 5.74) is 0.546. The highest BCUT2D eigenvalue weighted by molar-refractivity contribution is 5.92. The van der Waals surface area contributed by atoms with E-state index in [1.54, 1.807) is 35.8 Å². The average Bonchev–Trinajstić information content (AvgIpc) is 2.84. The highest BCUT2D eigenvalue weighted by Crippen LogP contribution is 2.19. The summed E-state index contributed by atoms with van der Waals surface area (Å²) in [5, 5.41) is 3.99. The zero-order valence-corrected chi connectivity index (χ0v) is 11.3. The molecule has 0 radical (unpaired) electrons. The lowest BCUT2D eigenvalue weighted by Crippen LogP contribution is -2.43. The zero-order chi connectivity index (χ0) is 13.8. The Bertz CT molecular complexity index is 469. The Labute approximate surface area is 112 Å². The molecule has 0 unspecified atom stereocenters. The smallest absolute Gasteiger partial charge is 0.310 e. The summed E-state index contributed by atoms with van der Waals surface area (Å²) < 4.78 is 6.58. The zero-order valence-electron chi connectivity index (χ0n) is 11.3. The fraction of sp³-hybridized carbons (Fsp3) is 0.615. The van der Waals surface area contributed by atoms with Gasteiger partial charge in [-0.2, -0.15) is 5.10 Å². The van der Waals surface area contributed by atoms with Crippen LogP contribution in [-0.2, 0) is 16.6 Å². The van der Waals surface area contributed by atoms with Crippen LogP contribution in [0.1, 0.15) is 30.3 Å². The van der Waals surface area contributed by atoms with Crippen molar-refractivity contribution < 1.29 is 14.3 Å². The van der Waals surface area contributed by atoms with E-state index >= 15 is 0 Å². The Morgan fingerprint density at radius 1 is 1.53 bits per heavy atom. The molecule has 0 aromatic carbocycles. The molecule has 104 valence electrons. The van der Waals surface area contributed by atoms with Gasteiger partial charge in [0.25, 0.3) is 5.91 Å². The molecule has 1 aromatic rings. The topological polar surface area (TPSA) is 64.4 Å². The molecule has 1 amide bonds. The van der Waals surface area contributed by atoms with Crippen LogP contribution in [0.5, 0.6) is 0 Å². The van der Waals surface area contributed by atoms with Crippen molar-refractivity contribution >= 4 is 11.9 Å². The third-order valence-corrected chi connectivity index (χ3v) is 3.37. The highest BCUT2D eigenvalue weighted by Gasteiger charge is 2.30. The molecule has 1 saturated heterocycles. The Balaban J connectivity index is 2.03. The predicted molar refractivity (Wildman–Crippen MR) is 68.5 cm³/mol. The lowest BCUT2D eigenvalue weighted by Gasteiger charge is -2.31. The maximum absolute atomic E-state index is 12.3. The number of ether oxygens (including phenoxy) is 1. The standard InChI is InChI=1S/C13H19N3O3/c1-3-19-13(18)10-5-4-8-16(9-10)12(17)11-6-7-14-15(11)2/h6-7,10H,3-5,8-9H2,1-2H3/t10-/m1/s1. The van der Waals surface area contributed by atoms with E-state index in [1.165, 1.54) is 0 Å². The second kappa shape index (κ2) is 5.86. The van der Waals surface area contributed by atoms with Crippen LogP contribution in [0.4, 0.5) is 0 Å². The molecule has 0 N–H and O–H groups in total. The number of amides is 1. The van der Waals surface area contributed by atoms with Crippen LogP contribution in [0.3, 0.4) is 0 Å². The van der Waals surface area contributed by atoms with Gasteiger partial charge in [-0.05, 0) is 25.8 Å². The largest absolute Gasteiger partial charge is 0.466 e. The van der Waals surface area contributed by atoms with Gasteiger partial charge in [0.1, 0.15) is 5.69 Å². The first-order chi connectivity index (χ1) is 9.13. The summed E-state index contributed by atoms with van der Waals surface area (Å²) >= 11 is 0. The van der Waals surface area contributed by atoms with E-state index in [2.05, 4.69) is 5.10 Å². The fourth-order valence-corrected chi connectivity index (χ4v) is 2.36. The summed E-state index contributed by atoms with van der Waals surface area (Å²) in [4.78, 5) is 25.8. The monoisotopic (exact) mass is 265 g/mol. The van der Waals surface area contributed by atoms with Gasteiger partial charge in [-0.25, -0.2) is 0 Å². The average molecular weight is 265 g/mol. The van der Waals surface area contributed by atoms with Crippen LogP contribution in [0.2, 0.25) is 0 Å². The van der Waals surface area contributed by atoms with Crippen LogP contribution in [-0.4, -0.2) is 46.3 Å². The van der Waals surface area contributed by atoms with E-state index in [0.717, 1.165) is 12.8 Å². The van der Waals surface area contributed by atoms with Crippen molar-refractivity contribution in [1.82, 2.24) is 14.7 Å². The van der Waals surface area contributed by atoms with Crippen molar-refractivity contribution in [2.45, 2.75) is 19.8 Å². The van der Waals surface area contributed by atoms with Crippen molar-refractivity contribution in [3.05, 3.63) is 18.0 Å². The van der Waals surface area contributed by atoms with E-state index < -0.39 is 0 Å². The maximum atomic E-state index is 12.3. The second-order valence-electron chi connectivity index (χ2n) is 4.68. The number of carbonyl (C=O) groups is 2. The lowest BCUT2D eigenvalue weighted by molar-refractivity contribution is -0.149. The minimum absolute atomic E-state index is 0.0750. The fourth-order valence-electron chi connectivity index (χ4n) is 2.36. The number of rotatable bonds is 3. The van der Waals surface area contributed by atoms with Gasteiger partial charge in [0.15, 0.2) is 0 Å². The van der Waals surface area contributed by atoms with E-state index in [-0.39, 0.29) is 17.8 Å². The van der Waals surface area contributed by atoms with Gasteiger partial charge < -0.3 is 9.64 Å². The Morgan fingerprint density at radius 3 is 2.95 bits per heavy atom. The van der Waals surface area contributed by atoms with Gasteiger partial charge in [0, 0.05) is 26.3 Å². The van der Waals surface area contributed by atoms with E-state index in [9.17, 15) is 9.59 Å². The van der Waals surface area contributed by atoms with Gasteiger partial charge in [-0.15, -0.1) is 0 Å². The number of piperidine rings is 1. The van der Waals surface area contributed by atoms with Crippen molar-refractivity contribution in [2.75, 3.05) is 19.7 Å². The van der Waals surface area contributed by atoms with Gasteiger partial charge >= 0.3 is 5.97 Å². The molecule has 0 bridgehead atoms. The lowest BCUT2D eigenvalue weighted by atomic mass is 9.98. The number of esters is 1. The Hall–Kier alpha value is -1.85. The highest BCUT2D eigenvalue weighted by atomic mass is 16.5. The molecule has 1 fully saturated rings. The maximum Gasteiger partial charge on any atom is 0.310 e. The first-order valence-corrected chi connectivity index (χ1v) is 6.57. The van der Waals surface area contributed by atoms with Crippen molar-refractivity contribution in [2.24, 2.45) is 13.0 Å². The third-order valence-electron chi connectivity index (χ3n) is 3.37. The van der Waals surface area contributed by atoms with Crippen molar-refractivity contribution in [3.8, 4) is 0 Å². The molecule has 0 saturated carbocycles. The molecule has 6 nitrogen and oxygen atoms in total. The molecule has 0 spiro atoms. The SMILES string of the molecule is CCOC(=O)[C@@H]1CCCN(C(=O)c2ccnn2C)C1. The van der Waals surface area contributed by atoms with Gasteiger partial charge in [-0.3, -0.25) is 14.3 Å². The molecule has 0 aliphatic carbocycles. The molecular formula is C13H19N3O3. The molecule has 1 atom stereocenters. The first kappa shape index (κ1) is 13.6. The molecule has 6 heteroatoms. The van der Waals surface area contributed by atoms with E-state index in [4.69, 9.17) is 4.74 Å². The van der Waals surface area contributed by atoms with Gasteiger partial charge in [0.05, 0.1) is 12.5 Å². The molecule has 2 rings (SSSR count). The Morgan fingerprint density at radius 2 is 2.32 bits per heavy atom. The van der Waals surface area contributed by atoms with E-state index in [1.807, 2.05) is 0 Å². The van der Waals surface area contributed by atoms with Crippen LogP contribution in [0.25, 0.3) is 0 Å². The first-order valence-electron chi connectivity index (χ1n) is 6.57. The van der Waals surface area contributed by atoms with Crippen LogP contribution < -0.4 is 0 Å². The number of aromatic nitrogens is 2. The van der Waals surface area contributed by atoms with Crippen LogP contribution in [0.15, 0.2) is 12.3 Å². The number of nitrogens with zero attached hydrogens (tertiary/aromatic N) is 3. The summed E-state index contributed by atoms with van der Waals surface area (Å²) in [6, 6.07) is 1.69. The summed E-state index contributed by atoms with van der Waals surface area (Å²) in [6.45, 7) is 3.28. The molecule has 1 aliphatic rings. The van der Waals surface area contributed by atoms with Crippen molar-refractivity contribution in [3.63, 3.8) is 0 Å². The summed E-state index contributed by atoms with van der Waals surface area (Å²) in [7, 11) is 1.74. The molecule has 19 heavy (non-hydrogen) atoms. The van der Waals surface area contributed by atoms with Crippen LogP contribution in [0, 0.1) is 5.92 Å². The number of aryl methyl sites for hydroxylation is 1. The van der Waals surface area contributed by atoms with Gasteiger partial charge in [0.2, 0.25) is 0 Å². The molecule has 1 aromatic heterocycles. The van der Waals surface area contributed by atoms with Crippen LogP contribution >= 0.6 is 0 Å². The molecular weight excluding hydrogens is 246 g/mol. The molecule has 1 aliphatic heterocycles. The minimum Gasteiger partial charge on any atom is -0.466 e. The Kier molecular flexibility index (Phi) is 4.19. The number of likely N-dealkylation sites (tertiary alicyclic amines) is 1. The second-order valence-corrected chi connectivity index (χ2v) is 4.68. The molecule has 2 heterocycles. The summed E-state index contributed by atoms with van der Waals surface area (Å²) in [6.07, 6.45) is 3.21. The number of hydrogen-bond donors (Lipinski definition) is 0. The summed E-state index contributed by atoms with van der Waals surface area (Å²) in [5.74, 6) is -0.482. The number of carbonyl (C=O) groups excluding carboxylic acids is 2. The van der Waals surface area contributed by atoms with Crippen molar-refractivity contribution in [1.29, 1.82) is 0 Å². The predicted octanol–water partition coefficient (Wildman–Crippen LogP) is 0.835.